The van der Waals surface area contributed by atoms with Crippen LogP contribution in [0.15, 0.2) is 0 Å². The van der Waals surface area contributed by atoms with Crippen LogP contribution in [0.5, 0.6) is 0 Å². The highest BCUT2D eigenvalue weighted by atomic mass is 16.4. The van der Waals surface area contributed by atoms with E-state index in [1.807, 2.05) is 0 Å². The number of nitrogens with one attached hydrogen (secondary N) is 2. The van der Waals surface area contributed by atoms with E-state index >= 15 is 0 Å². The van der Waals surface area contributed by atoms with Gasteiger partial charge in [0.05, 0.1) is 0 Å². The fourth-order valence-corrected chi connectivity index (χ4v) is 4.45. The number of unbranched alkanes of at least 4 members (excludes halogenated alkanes) is 1. The molecular formula is C16H28N2O3. The van der Waals surface area contributed by atoms with Crippen molar-refractivity contribution in [3.8, 4) is 0 Å². The highest BCUT2D eigenvalue weighted by molar-refractivity contribution is 5.74. The Labute approximate surface area is 126 Å². The van der Waals surface area contributed by atoms with Gasteiger partial charge in [-0.2, -0.15) is 0 Å². The molecule has 2 aliphatic rings. The molecule has 0 aliphatic heterocycles. The minimum absolute atomic E-state index is 0.114. The monoisotopic (exact) mass is 296 g/mol. The fourth-order valence-electron chi connectivity index (χ4n) is 4.45. The van der Waals surface area contributed by atoms with E-state index in [2.05, 4.69) is 31.4 Å². The Morgan fingerprint density at radius 2 is 1.95 bits per heavy atom. The Balaban J connectivity index is 1.76. The maximum Gasteiger partial charge on any atom is 0.315 e. The predicted octanol–water partition coefficient (Wildman–Crippen LogP) is 2.76. The molecule has 2 saturated carbocycles. The van der Waals surface area contributed by atoms with Crippen molar-refractivity contribution in [2.45, 2.75) is 65.3 Å². The Hall–Kier alpha value is -1.26. The third-order valence-corrected chi connectivity index (χ3v) is 5.65. The molecule has 3 unspecified atom stereocenters. The van der Waals surface area contributed by atoms with E-state index in [-0.39, 0.29) is 29.3 Å². The van der Waals surface area contributed by atoms with Crippen LogP contribution in [0.4, 0.5) is 4.79 Å². The summed E-state index contributed by atoms with van der Waals surface area (Å²) in [7, 11) is 0. The molecule has 2 amide bonds. The van der Waals surface area contributed by atoms with E-state index in [9.17, 15) is 9.59 Å². The van der Waals surface area contributed by atoms with E-state index in [0.717, 1.165) is 0 Å². The maximum absolute atomic E-state index is 12.1. The van der Waals surface area contributed by atoms with E-state index in [1.165, 1.54) is 19.3 Å². The molecule has 21 heavy (non-hydrogen) atoms. The number of carboxylic acids is 1. The first kappa shape index (κ1) is 16.1. The van der Waals surface area contributed by atoms with Crippen LogP contribution in [-0.2, 0) is 4.79 Å². The molecule has 3 atom stereocenters. The number of carbonyl (C=O) groups is 2. The molecule has 5 nitrogen and oxygen atoms in total. The van der Waals surface area contributed by atoms with E-state index in [4.69, 9.17) is 5.11 Å². The Morgan fingerprint density at radius 1 is 1.24 bits per heavy atom. The van der Waals surface area contributed by atoms with Gasteiger partial charge in [0.1, 0.15) is 0 Å². The Morgan fingerprint density at radius 3 is 2.52 bits per heavy atom. The Bertz CT molecular complexity index is 417. The van der Waals surface area contributed by atoms with Gasteiger partial charge in [0.2, 0.25) is 0 Å². The van der Waals surface area contributed by atoms with Crippen LogP contribution < -0.4 is 10.6 Å². The summed E-state index contributed by atoms with van der Waals surface area (Å²) in [6.45, 7) is 7.35. The lowest BCUT2D eigenvalue weighted by atomic mass is 9.68. The van der Waals surface area contributed by atoms with Gasteiger partial charge in [-0.25, -0.2) is 4.79 Å². The van der Waals surface area contributed by atoms with Crippen LogP contribution in [0, 0.1) is 16.7 Å². The zero-order valence-electron chi connectivity index (χ0n) is 13.4. The molecule has 2 aliphatic carbocycles. The summed E-state index contributed by atoms with van der Waals surface area (Å²) in [6.07, 6.45) is 5.16. The zero-order chi connectivity index (χ0) is 15.7. The SMILES string of the molecule is CC12CCC(C1)C(C)(C)C2NC(=O)NCCCCC(=O)O. The van der Waals surface area contributed by atoms with Gasteiger partial charge in [0.25, 0.3) is 0 Å². The summed E-state index contributed by atoms with van der Waals surface area (Å²) in [4.78, 5) is 22.5. The predicted molar refractivity (Wildman–Crippen MR) is 81.0 cm³/mol. The smallest absolute Gasteiger partial charge is 0.315 e. The van der Waals surface area contributed by atoms with Gasteiger partial charge in [-0.3, -0.25) is 4.79 Å². The average molecular weight is 296 g/mol. The van der Waals surface area contributed by atoms with Crippen molar-refractivity contribution in [1.29, 1.82) is 0 Å². The molecule has 0 aromatic heterocycles. The highest BCUT2D eigenvalue weighted by Crippen LogP contribution is 2.62. The third kappa shape index (κ3) is 3.33. The van der Waals surface area contributed by atoms with Gasteiger partial charge in [-0.15, -0.1) is 0 Å². The fraction of sp³-hybridized carbons (Fsp3) is 0.875. The number of amides is 2. The molecule has 2 rings (SSSR count). The van der Waals surface area contributed by atoms with Crippen LogP contribution >= 0.6 is 0 Å². The highest BCUT2D eigenvalue weighted by Gasteiger charge is 2.59. The van der Waals surface area contributed by atoms with Crippen molar-refractivity contribution >= 4 is 12.0 Å². The summed E-state index contributed by atoms with van der Waals surface area (Å²) < 4.78 is 0. The number of aliphatic carboxylic acids is 1. The number of hydrogen-bond donors (Lipinski definition) is 3. The molecular weight excluding hydrogens is 268 g/mol. The first-order chi connectivity index (χ1) is 9.75. The quantitative estimate of drug-likeness (QED) is 0.659. The van der Waals surface area contributed by atoms with Crippen molar-refractivity contribution in [3.05, 3.63) is 0 Å². The van der Waals surface area contributed by atoms with Crippen LogP contribution in [0.2, 0.25) is 0 Å². The summed E-state index contributed by atoms with van der Waals surface area (Å²) in [5.41, 5.74) is 0.391. The van der Waals surface area contributed by atoms with Gasteiger partial charge in [-0.05, 0) is 48.9 Å². The van der Waals surface area contributed by atoms with Gasteiger partial charge in [0.15, 0.2) is 0 Å². The van der Waals surface area contributed by atoms with Crippen LogP contribution in [-0.4, -0.2) is 29.7 Å². The average Bonchev–Trinajstić information content (AvgIpc) is 2.85. The number of hydrogen-bond acceptors (Lipinski definition) is 2. The summed E-state index contributed by atoms with van der Waals surface area (Å²) in [5.74, 6) is -0.0699. The van der Waals surface area contributed by atoms with Crippen molar-refractivity contribution in [2.75, 3.05) is 6.54 Å². The van der Waals surface area contributed by atoms with Crippen molar-refractivity contribution in [1.82, 2.24) is 10.6 Å². The van der Waals surface area contributed by atoms with Gasteiger partial charge in [0, 0.05) is 19.0 Å². The van der Waals surface area contributed by atoms with Gasteiger partial charge < -0.3 is 15.7 Å². The standard InChI is InChI=1S/C16H28N2O3/c1-15(2)11-7-8-16(3,10-11)13(15)18-14(21)17-9-5-4-6-12(19)20/h11,13H,4-10H2,1-3H3,(H,19,20)(H2,17,18,21). The molecule has 5 heteroatoms. The largest absolute Gasteiger partial charge is 0.481 e. The zero-order valence-corrected chi connectivity index (χ0v) is 13.4. The lowest BCUT2D eigenvalue weighted by Crippen LogP contribution is -2.54. The van der Waals surface area contributed by atoms with Crippen molar-refractivity contribution < 1.29 is 14.7 Å². The molecule has 0 aromatic carbocycles. The lowest BCUT2D eigenvalue weighted by molar-refractivity contribution is -0.137. The second-order valence-electron chi connectivity index (χ2n) is 7.60. The molecule has 120 valence electrons. The first-order valence-corrected chi connectivity index (χ1v) is 8.02. The number of carbonyl (C=O) groups excluding carboxylic acids is 1. The van der Waals surface area contributed by atoms with E-state index in [0.29, 0.717) is 25.3 Å². The minimum Gasteiger partial charge on any atom is -0.481 e. The summed E-state index contributed by atoms with van der Waals surface area (Å²) in [6, 6.07) is 0.111. The second-order valence-corrected chi connectivity index (χ2v) is 7.60. The van der Waals surface area contributed by atoms with Crippen molar-refractivity contribution in [2.24, 2.45) is 16.7 Å². The molecule has 3 N–H and O–H groups in total. The second kappa shape index (κ2) is 5.85. The van der Waals surface area contributed by atoms with Crippen LogP contribution in [0.25, 0.3) is 0 Å². The molecule has 0 radical (unpaired) electrons. The Kier molecular flexibility index (Phi) is 4.49. The maximum atomic E-state index is 12.1. The summed E-state index contributed by atoms with van der Waals surface area (Å²) in [5, 5.41) is 14.6. The molecule has 0 spiro atoms. The van der Waals surface area contributed by atoms with Crippen LogP contribution in [0.1, 0.15) is 59.3 Å². The topological polar surface area (TPSA) is 78.4 Å². The van der Waals surface area contributed by atoms with E-state index < -0.39 is 5.97 Å². The minimum atomic E-state index is -0.781. The normalized spacial score (nSPS) is 32.9. The van der Waals surface area contributed by atoms with Gasteiger partial charge in [-0.1, -0.05) is 20.8 Å². The summed E-state index contributed by atoms with van der Waals surface area (Å²) >= 11 is 0. The molecule has 2 bridgehead atoms. The third-order valence-electron chi connectivity index (χ3n) is 5.65. The lowest BCUT2D eigenvalue weighted by Gasteiger charge is -2.43. The van der Waals surface area contributed by atoms with Gasteiger partial charge >= 0.3 is 12.0 Å². The first-order valence-electron chi connectivity index (χ1n) is 8.02. The number of urea groups is 1. The van der Waals surface area contributed by atoms with Crippen molar-refractivity contribution in [3.63, 3.8) is 0 Å². The number of rotatable bonds is 6. The molecule has 2 fully saturated rings. The molecule has 0 saturated heterocycles. The van der Waals surface area contributed by atoms with E-state index in [1.54, 1.807) is 0 Å². The number of fused-ring (bicyclic) bond motifs is 2. The van der Waals surface area contributed by atoms with Crippen LogP contribution in [0.3, 0.4) is 0 Å². The molecule has 0 aromatic rings. The molecule has 0 heterocycles. The number of carboxylic acid groups (broad SMARTS) is 1.